The summed E-state index contributed by atoms with van der Waals surface area (Å²) in [6.07, 6.45) is 3.98. The highest BCUT2D eigenvalue weighted by molar-refractivity contribution is 7.80. The molecule has 6 atom stereocenters. The fraction of sp³-hybridized carbons (Fsp3) is 0.718. The highest BCUT2D eigenvalue weighted by Crippen LogP contribution is 2.01. The van der Waals surface area contributed by atoms with Gasteiger partial charge in [-0.05, 0) is 77.4 Å². The maximum atomic E-state index is 13.2. The van der Waals surface area contributed by atoms with Crippen molar-refractivity contribution >= 4 is 77.2 Å². The number of urea groups is 5. The van der Waals surface area contributed by atoms with Crippen LogP contribution in [0.25, 0.3) is 0 Å². The molecule has 0 saturated carbocycles. The van der Waals surface area contributed by atoms with Crippen LogP contribution in [-0.4, -0.2) is 174 Å². The normalized spacial score (nSPS) is 12.9. The second-order valence-corrected chi connectivity index (χ2v) is 16.9. The number of carbonyl (C=O) groups excluding carboxylic acids is 6. The van der Waals surface area contributed by atoms with Crippen LogP contribution in [0.2, 0.25) is 0 Å². The topological polar surface area (TPSA) is 506 Å². The number of hydrogen-bond donors (Lipinski definition) is 25. The van der Waals surface area contributed by atoms with E-state index in [1.165, 1.54) is 6.92 Å². The first-order chi connectivity index (χ1) is 33.6. The van der Waals surface area contributed by atoms with E-state index in [0.29, 0.717) is 82.7 Å². The molecule has 0 aromatic carbocycles. The molecular weight excluding hydrogens is 947 g/mol. The van der Waals surface area contributed by atoms with Crippen molar-refractivity contribution in [2.24, 2.45) is 22.9 Å². The molecular formula is C39H83N25O6S. The lowest BCUT2D eigenvalue weighted by Gasteiger charge is -2.24. The van der Waals surface area contributed by atoms with E-state index in [4.69, 9.17) is 56.8 Å². The average molecular weight is 1030 g/mol. The van der Waals surface area contributed by atoms with E-state index in [0.717, 1.165) is 0 Å². The maximum Gasteiger partial charge on any atom is 0.315 e. The molecule has 0 unspecified atom stereocenters. The van der Waals surface area contributed by atoms with E-state index in [1.807, 2.05) is 0 Å². The van der Waals surface area contributed by atoms with E-state index in [9.17, 15) is 28.8 Å². The van der Waals surface area contributed by atoms with Crippen LogP contribution in [0.15, 0.2) is 0 Å². The number of nitrogens with two attached hydrogens (primary N) is 4. The van der Waals surface area contributed by atoms with Crippen molar-refractivity contribution < 1.29 is 28.8 Å². The van der Waals surface area contributed by atoms with Gasteiger partial charge in [-0.3, -0.25) is 26.4 Å². The molecule has 32 heteroatoms. The summed E-state index contributed by atoms with van der Waals surface area (Å²) >= 11 is 5.21. The molecule has 71 heavy (non-hydrogen) atoms. The van der Waals surface area contributed by atoms with Gasteiger partial charge >= 0.3 is 30.2 Å². The van der Waals surface area contributed by atoms with Crippen LogP contribution in [0.5, 0.6) is 0 Å². The summed E-state index contributed by atoms with van der Waals surface area (Å²) in [5.74, 6) is -1.01. The number of carbonyl (C=O) groups is 6. The van der Waals surface area contributed by atoms with Crippen LogP contribution in [0.1, 0.15) is 72.1 Å². The molecule has 11 amide bonds. The van der Waals surface area contributed by atoms with Gasteiger partial charge in [0.05, 0.1) is 0 Å². The first kappa shape index (κ1) is 63.6. The molecule has 0 aromatic rings. The van der Waals surface area contributed by atoms with Gasteiger partial charge in [-0.25, -0.2) is 24.0 Å². The Balaban J connectivity index is 5.33. The highest BCUT2D eigenvalue weighted by Gasteiger charge is 2.20. The van der Waals surface area contributed by atoms with Crippen LogP contribution in [0, 0.1) is 21.6 Å². The highest BCUT2D eigenvalue weighted by atomic mass is 32.1. The number of thiocarbonyl (C=S) groups is 1. The monoisotopic (exact) mass is 1030 g/mol. The predicted molar refractivity (Wildman–Crippen MR) is 277 cm³/mol. The molecule has 0 saturated heterocycles. The summed E-state index contributed by atoms with van der Waals surface area (Å²) in [7, 11) is 1.67. The van der Waals surface area contributed by atoms with Crippen LogP contribution in [-0.2, 0) is 4.79 Å². The lowest BCUT2D eigenvalue weighted by molar-refractivity contribution is -0.119. The zero-order chi connectivity index (χ0) is 53.6. The van der Waals surface area contributed by atoms with Gasteiger partial charge in [0.25, 0.3) is 0 Å². The van der Waals surface area contributed by atoms with Crippen LogP contribution in [0.3, 0.4) is 0 Å². The molecule has 0 spiro atoms. The molecule has 0 bridgehead atoms. The predicted octanol–water partition coefficient (Wildman–Crippen LogP) is -4.98. The Labute approximate surface area is 420 Å². The number of hydrogen-bond acceptors (Lipinski definition) is 11. The van der Waals surface area contributed by atoms with Gasteiger partial charge < -0.3 is 113 Å². The van der Waals surface area contributed by atoms with E-state index < -0.39 is 60.4 Å². The molecule has 0 aliphatic carbocycles. The van der Waals surface area contributed by atoms with Gasteiger partial charge in [0.2, 0.25) is 5.91 Å². The van der Waals surface area contributed by atoms with E-state index in [2.05, 4.69) is 90.4 Å². The van der Waals surface area contributed by atoms with Gasteiger partial charge in [-0.1, -0.05) is 0 Å². The largest absolute Gasteiger partial charge is 0.370 e. The summed E-state index contributed by atoms with van der Waals surface area (Å²) in [6, 6.07) is -5.53. The van der Waals surface area contributed by atoms with Gasteiger partial charge in [0.1, 0.15) is 0 Å². The van der Waals surface area contributed by atoms with Gasteiger partial charge in [0, 0.05) is 116 Å². The Morgan fingerprint density at radius 3 is 0.930 bits per heavy atom. The fourth-order valence-electron chi connectivity index (χ4n) is 6.21. The summed E-state index contributed by atoms with van der Waals surface area (Å²) in [5.41, 5.74) is 21.5. The summed E-state index contributed by atoms with van der Waals surface area (Å²) in [4.78, 5) is 76.0. The molecule has 0 rings (SSSR count). The molecule has 0 aromatic heterocycles. The SMILES string of the molecule is CNC(=S)N[C@@H](CCCNC(=N)N)CNC(=O)N[C@@H](C)CNC(=O)N[C@@H](CCCNC(=N)N)CNC(=O)N[C@@H](CCCNC(=N)N)CNC(=O)N[C@@H](C)CNC(=O)N[C@@H](CCCNC(=N)N)CNC(C)=O. The lowest BCUT2D eigenvalue weighted by Crippen LogP contribution is -2.54. The first-order valence-corrected chi connectivity index (χ1v) is 23.7. The molecule has 0 radical (unpaired) electrons. The minimum Gasteiger partial charge on any atom is -0.370 e. The summed E-state index contributed by atoms with van der Waals surface area (Å²) in [5, 5.41) is 76.9. The van der Waals surface area contributed by atoms with Crippen molar-refractivity contribution in [1.82, 2.24) is 90.4 Å². The van der Waals surface area contributed by atoms with Gasteiger partial charge in [0.15, 0.2) is 29.0 Å². The van der Waals surface area contributed by atoms with E-state index in [-0.39, 0.29) is 75.1 Å². The van der Waals surface area contributed by atoms with Crippen molar-refractivity contribution in [3.63, 3.8) is 0 Å². The second kappa shape index (κ2) is 38.4. The summed E-state index contributed by atoms with van der Waals surface area (Å²) < 4.78 is 0. The van der Waals surface area contributed by atoms with Crippen molar-refractivity contribution in [3.8, 4) is 0 Å². The number of rotatable bonds is 34. The molecule has 0 aliphatic heterocycles. The second-order valence-electron chi connectivity index (χ2n) is 16.5. The van der Waals surface area contributed by atoms with Crippen LogP contribution in [0.4, 0.5) is 24.0 Å². The third-order valence-corrected chi connectivity index (χ3v) is 10.1. The Hall–Kier alpha value is -7.41. The quantitative estimate of drug-likeness (QED) is 0.0124. The standard InChI is InChI=1S/C39H83N25O6S/c1-23(17-54-36(68)61-26(19-53-25(3)65)9-5-13-49-30(40)41)59-34(66)56-20-27(10-6-14-50-31(42)43)63-38(70)58-21-28(11-7-15-51-32(44)45)62-37(69)55-18-24(2)60-35(67)57-22-29(64-39(71)48-4)12-8-16-52-33(46)47/h23-24,26-29H,5-22H2,1-4H3,(H,53,65)(H4,40,41,49)(H4,42,43,50)(H4,44,45,51)(H4,46,47,52)(H2,48,64,71)(H2,54,61,68)(H2,55,62,69)(H2,56,59,66)(H2,57,60,67)(H2,58,63,70)/t23-,24-,26-,27-,28-,29-/m0/s1. The molecule has 406 valence electrons. The Morgan fingerprint density at radius 1 is 0.408 bits per heavy atom. The minimum atomic E-state index is -0.594. The molecule has 0 heterocycles. The van der Waals surface area contributed by atoms with Crippen molar-refractivity contribution in [3.05, 3.63) is 0 Å². The zero-order valence-electron chi connectivity index (χ0n) is 41.4. The third-order valence-electron chi connectivity index (χ3n) is 9.76. The fourth-order valence-corrected chi connectivity index (χ4v) is 6.38. The Bertz CT molecular complexity index is 1700. The van der Waals surface area contributed by atoms with Crippen molar-refractivity contribution in [1.29, 1.82) is 21.6 Å². The Morgan fingerprint density at radius 2 is 0.662 bits per heavy atom. The minimum absolute atomic E-state index is 0.00384. The van der Waals surface area contributed by atoms with Gasteiger partial charge in [-0.15, -0.1) is 0 Å². The average Bonchev–Trinajstić information content (AvgIpc) is 3.29. The van der Waals surface area contributed by atoms with Crippen LogP contribution >= 0.6 is 12.2 Å². The summed E-state index contributed by atoms with van der Waals surface area (Å²) in [6.45, 7) is 6.81. The van der Waals surface area contributed by atoms with Gasteiger partial charge in [-0.2, -0.15) is 0 Å². The zero-order valence-corrected chi connectivity index (χ0v) is 42.2. The number of amides is 11. The molecule has 31 nitrogen and oxygen atoms in total. The first-order valence-electron chi connectivity index (χ1n) is 23.3. The molecule has 0 aliphatic rings. The third kappa shape index (κ3) is 39.2. The number of guanidine groups is 4. The van der Waals surface area contributed by atoms with E-state index in [1.54, 1.807) is 20.9 Å². The van der Waals surface area contributed by atoms with Crippen LogP contribution < -0.4 is 113 Å². The lowest BCUT2D eigenvalue weighted by atomic mass is 10.1. The molecule has 0 fully saturated rings. The smallest absolute Gasteiger partial charge is 0.315 e. The van der Waals surface area contributed by atoms with Crippen molar-refractivity contribution in [2.75, 3.05) is 72.5 Å². The van der Waals surface area contributed by atoms with Crippen molar-refractivity contribution in [2.45, 2.75) is 108 Å². The Kier molecular flexibility index (Phi) is 34.4. The van der Waals surface area contributed by atoms with E-state index >= 15 is 0 Å². The molecule has 29 N–H and O–H groups in total. The number of nitrogens with one attached hydrogen (secondary N) is 21. The maximum absolute atomic E-state index is 13.2.